The Bertz CT molecular complexity index is 2020. The van der Waals surface area contributed by atoms with Gasteiger partial charge in [-0.05, 0) is 24.3 Å². The molecule has 1 aliphatic rings. The number of amides is 1. The van der Waals surface area contributed by atoms with Gasteiger partial charge in [-0.1, -0.05) is 22.9 Å². The molecule has 14 nitrogen and oxygen atoms in total. The van der Waals surface area contributed by atoms with Crippen LogP contribution in [0.5, 0.6) is 0 Å². The number of aliphatic imine (C=N–C) groups is 1. The molecule has 1 aliphatic heterocycles. The van der Waals surface area contributed by atoms with Crippen molar-refractivity contribution < 1.29 is 50.5 Å². The Balaban J connectivity index is 1.08. The van der Waals surface area contributed by atoms with Crippen molar-refractivity contribution >= 4 is 35.0 Å². The van der Waals surface area contributed by atoms with E-state index >= 15 is 0 Å². The fourth-order valence-electron chi connectivity index (χ4n) is 5.09. The number of hydrogen-bond acceptors (Lipinski definition) is 12. The van der Waals surface area contributed by atoms with E-state index in [0.717, 1.165) is 6.07 Å². The Hall–Kier alpha value is -5.50. The molecular weight excluding hydrogens is 747 g/mol. The van der Waals surface area contributed by atoms with Gasteiger partial charge >= 0.3 is 5.97 Å². The van der Waals surface area contributed by atoms with E-state index in [0.29, 0.717) is 34.9 Å². The van der Waals surface area contributed by atoms with Crippen molar-refractivity contribution in [3.05, 3.63) is 117 Å². The number of methoxy groups -OCH3 is 1. The van der Waals surface area contributed by atoms with E-state index in [9.17, 15) is 31.5 Å². The van der Waals surface area contributed by atoms with E-state index in [1.54, 1.807) is 30.7 Å². The summed E-state index contributed by atoms with van der Waals surface area (Å²) in [5.74, 6) is -9.74. The predicted octanol–water partition coefficient (Wildman–Crippen LogP) is 3.80. The number of hydrogen-bond donors (Lipinski definition) is 3. The molecule has 0 saturated carbocycles. The van der Waals surface area contributed by atoms with Crippen molar-refractivity contribution in [1.29, 1.82) is 0 Å². The molecule has 1 unspecified atom stereocenters. The molecule has 0 aliphatic carbocycles. The van der Waals surface area contributed by atoms with Gasteiger partial charge in [-0.25, -0.2) is 31.4 Å². The highest BCUT2D eigenvalue weighted by molar-refractivity contribution is 6.31. The second kappa shape index (κ2) is 18.5. The molecule has 286 valence electrons. The number of rotatable bonds is 17. The number of carbonyl (C=O) groups excluding carboxylic acids is 2. The molecule has 1 atom stereocenters. The molecule has 54 heavy (non-hydrogen) atoms. The smallest absolute Gasteiger partial charge is 0.338 e. The van der Waals surface area contributed by atoms with Crippen LogP contribution < -0.4 is 16.4 Å². The van der Waals surface area contributed by atoms with Crippen LogP contribution in [0.1, 0.15) is 33.2 Å². The molecular formula is C34H32ClF5N8O6. The molecule has 4 aromatic rings. The fraction of sp³-hybridized carbons (Fsp3) is 0.294. The number of carbonyl (C=O) groups is 2. The van der Waals surface area contributed by atoms with E-state index in [2.05, 4.69) is 25.9 Å². The first-order valence-corrected chi connectivity index (χ1v) is 16.4. The van der Waals surface area contributed by atoms with Gasteiger partial charge in [-0.3, -0.25) is 14.8 Å². The van der Waals surface area contributed by atoms with Crippen molar-refractivity contribution in [2.24, 2.45) is 4.99 Å². The van der Waals surface area contributed by atoms with Crippen molar-refractivity contribution in [3.63, 3.8) is 0 Å². The highest BCUT2D eigenvalue weighted by Crippen LogP contribution is 2.36. The van der Waals surface area contributed by atoms with Crippen LogP contribution >= 0.6 is 11.6 Å². The third kappa shape index (κ3) is 9.53. The minimum Gasteiger partial charge on any atom is -0.466 e. The van der Waals surface area contributed by atoms with Crippen LogP contribution in [0.2, 0.25) is 5.02 Å². The summed E-state index contributed by atoms with van der Waals surface area (Å²) in [6.07, 6.45) is 4.81. The SMILES string of the molecule is COC(=O)C1=C(COCc2cn(CCOCCOCCNC(=O)c3c(F)c(F)c(N)c(F)c3F)nn2)NC(c2ccncc2)=NC1c1ccc(F)cc1Cl. The van der Waals surface area contributed by atoms with Crippen LogP contribution in [0.4, 0.5) is 27.6 Å². The second-order valence-electron chi connectivity index (χ2n) is 11.3. The topological polar surface area (TPSA) is 177 Å². The number of nitrogens with zero attached hydrogens (tertiary/aromatic N) is 5. The lowest BCUT2D eigenvalue weighted by molar-refractivity contribution is -0.136. The van der Waals surface area contributed by atoms with Crippen LogP contribution in [-0.4, -0.2) is 84.4 Å². The molecule has 2 aromatic heterocycles. The molecule has 2 aromatic carbocycles. The van der Waals surface area contributed by atoms with Gasteiger partial charge in [-0.15, -0.1) is 5.10 Å². The van der Waals surface area contributed by atoms with Crippen LogP contribution in [0.15, 0.2) is 65.2 Å². The quantitative estimate of drug-likeness (QED) is 0.0467. The largest absolute Gasteiger partial charge is 0.466 e. The summed E-state index contributed by atoms with van der Waals surface area (Å²) < 4.78 is 92.3. The summed E-state index contributed by atoms with van der Waals surface area (Å²) in [5, 5.41) is 13.5. The monoisotopic (exact) mass is 778 g/mol. The van der Waals surface area contributed by atoms with Gasteiger partial charge in [0, 0.05) is 35.1 Å². The zero-order chi connectivity index (χ0) is 38.8. The molecule has 0 fully saturated rings. The number of anilines is 1. The number of nitrogen functional groups attached to an aromatic ring is 1. The van der Waals surface area contributed by atoms with Crippen LogP contribution in [-0.2, 0) is 36.9 Å². The standard InChI is InChI=1S/C34H32ClF5N8O6/c1-51-34(50)24-23(44-32(18-4-6-42-7-5-18)45-31(24)21-3-2-19(36)14-22(21)35)17-54-16-20-15-48(47-46-20)9-11-53-13-12-52-10-8-43-33(49)25-26(37)28(39)30(41)29(40)27(25)38/h2-7,14-15,31H,8-13,16-17,41H2,1H3,(H,43,49)(H,44,45). The number of ether oxygens (including phenoxy) is 4. The first kappa shape index (κ1) is 39.7. The number of pyridine rings is 1. The van der Waals surface area contributed by atoms with Gasteiger partial charge in [-0.2, -0.15) is 0 Å². The lowest BCUT2D eigenvalue weighted by Crippen LogP contribution is -2.35. The first-order chi connectivity index (χ1) is 26.0. The van der Waals surface area contributed by atoms with Gasteiger partial charge < -0.3 is 35.3 Å². The van der Waals surface area contributed by atoms with E-state index in [1.165, 1.54) is 23.9 Å². The average Bonchev–Trinajstić information content (AvgIpc) is 3.62. The summed E-state index contributed by atoms with van der Waals surface area (Å²) >= 11 is 6.40. The lowest BCUT2D eigenvalue weighted by Gasteiger charge is -2.28. The van der Waals surface area contributed by atoms with Crippen LogP contribution in [0.3, 0.4) is 0 Å². The third-order valence-corrected chi connectivity index (χ3v) is 8.05. The average molecular weight is 779 g/mol. The normalized spacial score (nSPS) is 14.1. The zero-order valence-electron chi connectivity index (χ0n) is 28.4. The molecule has 0 radical (unpaired) electrons. The minimum atomic E-state index is -1.90. The molecule has 20 heteroatoms. The summed E-state index contributed by atoms with van der Waals surface area (Å²) in [6, 6.07) is 6.31. The highest BCUT2D eigenvalue weighted by Gasteiger charge is 2.33. The summed E-state index contributed by atoms with van der Waals surface area (Å²) in [6.45, 7) is 0.396. The molecule has 0 saturated heterocycles. The Morgan fingerprint density at radius 2 is 1.65 bits per heavy atom. The minimum absolute atomic E-state index is 0.00998. The van der Waals surface area contributed by atoms with E-state index in [1.807, 2.05) is 0 Å². The first-order valence-electron chi connectivity index (χ1n) is 16.0. The Kier molecular flexibility index (Phi) is 13.6. The summed E-state index contributed by atoms with van der Waals surface area (Å²) in [4.78, 5) is 33.9. The third-order valence-electron chi connectivity index (χ3n) is 7.72. The highest BCUT2D eigenvalue weighted by atomic mass is 35.5. The second-order valence-corrected chi connectivity index (χ2v) is 11.7. The van der Waals surface area contributed by atoms with Gasteiger partial charge in [0.25, 0.3) is 5.91 Å². The maximum absolute atomic E-state index is 13.9. The Labute approximate surface area is 309 Å². The Morgan fingerprint density at radius 1 is 0.944 bits per heavy atom. The van der Waals surface area contributed by atoms with Crippen molar-refractivity contribution in [1.82, 2.24) is 30.6 Å². The molecule has 0 bridgehead atoms. The number of amidine groups is 1. The van der Waals surface area contributed by atoms with Gasteiger partial charge in [0.15, 0.2) is 23.3 Å². The molecule has 3 heterocycles. The molecule has 1 amide bonds. The van der Waals surface area contributed by atoms with E-state index < -0.39 is 58.3 Å². The number of aromatic nitrogens is 4. The van der Waals surface area contributed by atoms with Crippen molar-refractivity contribution in [3.8, 4) is 0 Å². The van der Waals surface area contributed by atoms with Gasteiger partial charge in [0.05, 0.1) is 70.8 Å². The molecule has 0 spiro atoms. The number of nitrogens with two attached hydrogens (primary N) is 1. The van der Waals surface area contributed by atoms with E-state index in [-0.39, 0.29) is 56.8 Å². The number of halogens is 6. The number of benzene rings is 2. The molecule has 4 N–H and O–H groups in total. The number of esters is 1. The van der Waals surface area contributed by atoms with Gasteiger partial charge in [0.1, 0.15) is 34.6 Å². The summed E-state index contributed by atoms with van der Waals surface area (Å²) in [7, 11) is 1.23. The molecule has 5 rings (SSSR count). The maximum atomic E-state index is 13.9. The van der Waals surface area contributed by atoms with Gasteiger partial charge in [0.2, 0.25) is 0 Å². The fourth-order valence-corrected chi connectivity index (χ4v) is 5.36. The predicted molar refractivity (Wildman–Crippen MR) is 181 cm³/mol. The van der Waals surface area contributed by atoms with Crippen molar-refractivity contribution in [2.75, 3.05) is 52.4 Å². The number of nitrogens with one attached hydrogen (secondary N) is 2. The van der Waals surface area contributed by atoms with E-state index in [4.69, 9.17) is 41.3 Å². The zero-order valence-corrected chi connectivity index (χ0v) is 29.1. The van der Waals surface area contributed by atoms with Crippen molar-refractivity contribution in [2.45, 2.75) is 19.2 Å². The van der Waals surface area contributed by atoms with Crippen LogP contribution in [0.25, 0.3) is 0 Å². The lowest BCUT2D eigenvalue weighted by atomic mass is 9.95. The Morgan fingerprint density at radius 3 is 2.33 bits per heavy atom. The maximum Gasteiger partial charge on any atom is 0.338 e. The summed E-state index contributed by atoms with van der Waals surface area (Å²) in [5.41, 5.74) is 4.14. The van der Waals surface area contributed by atoms with Crippen LogP contribution in [0, 0.1) is 29.1 Å².